The molecule has 0 spiro atoms. The maximum atomic E-state index is 11.4. The molecule has 0 aromatic heterocycles. The summed E-state index contributed by atoms with van der Waals surface area (Å²) >= 11 is 0. The van der Waals surface area contributed by atoms with Gasteiger partial charge in [0.05, 0.1) is 6.54 Å². The van der Waals surface area contributed by atoms with Gasteiger partial charge in [-0.05, 0) is 38.5 Å². The van der Waals surface area contributed by atoms with Crippen LogP contribution < -0.4 is 10.6 Å². The van der Waals surface area contributed by atoms with Crippen LogP contribution in [-0.4, -0.2) is 73.5 Å². The van der Waals surface area contributed by atoms with Crippen LogP contribution in [0.2, 0.25) is 0 Å². The zero-order valence-electron chi connectivity index (χ0n) is 15.7. The van der Waals surface area contributed by atoms with Crippen LogP contribution >= 0.6 is 0 Å². The van der Waals surface area contributed by atoms with Gasteiger partial charge >= 0.3 is 0 Å². The van der Waals surface area contributed by atoms with Gasteiger partial charge in [0.15, 0.2) is 5.96 Å². The minimum atomic E-state index is 0.188. The van der Waals surface area contributed by atoms with E-state index in [-0.39, 0.29) is 5.91 Å². The largest absolute Gasteiger partial charge is 0.357 e. The number of hydrogen-bond acceptors (Lipinski definition) is 3. The summed E-state index contributed by atoms with van der Waals surface area (Å²) in [5, 5.41) is 6.97. The molecule has 1 aliphatic carbocycles. The highest BCUT2D eigenvalue weighted by Gasteiger charge is 2.20. The number of nitrogens with one attached hydrogen (secondary N) is 2. The van der Waals surface area contributed by atoms with Crippen molar-refractivity contribution in [3.63, 3.8) is 0 Å². The standard InChI is InChI=1S/C18H35N5O/c1-4-19-18(21-17-7-5-15(2)6-8-17)20-9-10-22-11-13-23(14-12-22)16(3)24/h15,17H,4-14H2,1-3H3,(H2,19,20,21). The smallest absolute Gasteiger partial charge is 0.219 e. The third-order valence-corrected chi connectivity index (χ3v) is 5.20. The van der Waals surface area contributed by atoms with Gasteiger partial charge in [0, 0.05) is 52.2 Å². The number of aliphatic imine (C=N–C) groups is 1. The van der Waals surface area contributed by atoms with Crippen LogP contribution in [0.3, 0.4) is 0 Å². The van der Waals surface area contributed by atoms with E-state index < -0.39 is 0 Å². The van der Waals surface area contributed by atoms with Crippen molar-refractivity contribution in [2.75, 3.05) is 45.8 Å². The van der Waals surface area contributed by atoms with E-state index in [4.69, 9.17) is 4.99 Å². The van der Waals surface area contributed by atoms with E-state index in [0.717, 1.165) is 57.7 Å². The van der Waals surface area contributed by atoms with Crippen molar-refractivity contribution in [2.45, 2.75) is 52.5 Å². The zero-order valence-corrected chi connectivity index (χ0v) is 15.7. The summed E-state index contributed by atoms with van der Waals surface area (Å²) < 4.78 is 0. The first-order valence-electron chi connectivity index (χ1n) is 9.61. The summed E-state index contributed by atoms with van der Waals surface area (Å²) in [6, 6.07) is 0.568. The van der Waals surface area contributed by atoms with Gasteiger partial charge in [0.2, 0.25) is 5.91 Å². The normalized spacial score (nSPS) is 26.3. The van der Waals surface area contributed by atoms with Gasteiger partial charge in [-0.25, -0.2) is 0 Å². The Morgan fingerprint density at radius 2 is 1.79 bits per heavy atom. The molecule has 1 saturated carbocycles. The molecule has 2 N–H and O–H groups in total. The number of rotatable bonds is 5. The van der Waals surface area contributed by atoms with Crippen molar-refractivity contribution in [3.05, 3.63) is 0 Å². The second-order valence-corrected chi connectivity index (χ2v) is 7.21. The molecule has 138 valence electrons. The minimum absolute atomic E-state index is 0.188. The van der Waals surface area contributed by atoms with Gasteiger partial charge in [-0.2, -0.15) is 0 Å². The van der Waals surface area contributed by atoms with Crippen LogP contribution in [0.4, 0.5) is 0 Å². The van der Waals surface area contributed by atoms with E-state index in [2.05, 4.69) is 29.4 Å². The first kappa shape index (κ1) is 19.0. The molecule has 1 heterocycles. The number of hydrogen-bond donors (Lipinski definition) is 2. The molecule has 2 aliphatic rings. The van der Waals surface area contributed by atoms with Crippen LogP contribution in [0.1, 0.15) is 46.5 Å². The lowest BCUT2D eigenvalue weighted by molar-refractivity contribution is -0.130. The molecular weight excluding hydrogens is 302 g/mol. The molecule has 6 heteroatoms. The Kier molecular flexibility index (Phi) is 7.82. The lowest BCUT2D eigenvalue weighted by Gasteiger charge is -2.33. The topological polar surface area (TPSA) is 60.0 Å². The Hall–Kier alpha value is -1.30. The van der Waals surface area contributed by atoms with Crippen molar-refractivity contribution in [2.24, 2.45) is 10.9 Å². The first-order valence-corrected chi connectivity index (χ1v) is 9.61. The van der Waals surface area contributed by atoms with Crippen LogP contribution in [0.25, 0.3) is 0 Å². The number of nitrogens with zero attached hydrogens (tertiary/aromatic N) is 3. The van der Waals surface area contributed by atoms with Crippen molar-refractivity contribution in [1.29, 1.82) is 0 Å². The maximum absolute atomic E-state index is 11.4. The second-order valence-electron chi connectivity index (χ2n) is 7.21. The highest BCUT2D eigenvalue weighted by atomic mass is 16.2. The van der Waals surface area contributed by atoms with Gasteiger partial charge < -0.3 is 15.5 Å². The fourth-order valence-corrected chi connectivity index (χ4v) is 3.51. The van der Waals surface area contributed by atoms with Crippen molar-refractivity contribution in [3.8, 4) is 0 Å². The number of carbonyl (C=O) groups is 1. The number of guanidine groups is 1. The molecule has 1 amide bonds. The highest BCUT2D eigenvalue weighted by Crippen LogP contribution is 2.23. The van der Waals surface area contributed by atoms with Gasteiger partial charge in [-0.3, -0.25) is 14.7 Å². The number of piperazine rings is 1. The summed E-state index contributed by atoms with van der Waals surface area (Å²) in [5.41, 5.74) is 0. The van der Waals surface area contributed by atoms with Gasteiger partial charge in [-0.1, -0.05) is 6.92 Å². The van der Waals surface area contributed by atoms with Gasteiger partial charge in [-0.15, -0.1) is 0 Å². The monoisotopic (exact) mass is 337 g/mol. The first-order chi connectivity index (χ1) is 11.6. The summed E-state index contributed by atoms with van der Waals surface area (Å²) in [4.78, 5) is 20.4. The van der Waals surface area contributed by atoms with Crippen molar-refractivity contribution >= 4 is 11.9 Å². The molecule has 0 aromatic carbocycles. The molecule has 24 heavy (non-hydrogen) atoms. The maximum Gasteiger partial charge on any atom is 0.219 e. The minimum Gasteiger partial charge on any atom is -0.357 e. The Bertz CT molecular complexity index is 410. The summed E-state index contributed by atoms with van der Waals surface area (Å²) in [5.74, 6) is 2.02. The summed E-state index contributed by atoms with van der Waals surface area (Å²) in [6.07, 6.45) is 5.13. The van der Waals surface area contributed by atoms with E-state index in [0.29, 0.717) is 6.04 Å². The summed E-state index contributed by atoms with van der Waals surface area (Å²) in [6.45, 7) is 12.4. The molecule has 0 unspecified atom stereocenters. The SMILES string of the molecule is CCNC(=NCCN1CCN(C(C)=O)CC1)NC1CCC(C)CC1. The molecule has 1 aliphatic heterocycles. The Balaban J connectivity index is 1.72. The van der Waals surface area contributed by atoms with Crippen LogP contribution in [0.15, 0.2) is 4.99 Å². The molecule has 0 radical (unpaired) electrons. The van der Waals surface area contributed by atoms with Crippen LogP contribution in [0, 0.1) is 5.92 Å². The molecule has 0 aromatic rings. The van der Waals surface area contributed by atoms with Gasteiger partial charge in [0.25, 0.3) is 0 Å². The van der Waals surface area contributed by atoms with Crippen LogP contribution in [0.5, 0.6) is 0 Å². The van der Waals surface area contributed by atoms with Crippen molar-refractivity contribution in [1.82, 2.24) is 20.4 Å². The van der Waals surface area contributed by atoms with Crippen molar-refractivity contribution < 1.29 is 4.79 Å². The third kappa shape index (κ3) is 6.30. The van der Waals surface area contributed by atoms with E-state index in [9.17, 15) is 4.79 Å². The highest BCUT2D eigenvalue weighted by molar-refractivity contribution is 5.80. The molecule has 0 bridgehead atoms. The predicted molar refractivity (Wildman–Crippen MR) is 99.2 cm³/mol. The van der Waals surface area contributed by atoms with E-state index >= 15 is 0 Å². The Morgan fingerprint density at radius 1 is 1.12 bits per heavy atom. The predicted octanol–water partition coefficient (Wildman–Crippen LogP) is 1.28. The average Bonchev–Trinajstić information content (AvgIpc) is 2.57. The fourth-order valence-electron chi connectivity index (χ4n) is 3.51. The Labute approximate surface area is 147 Å². The molecule has 1 saturated heterocycles. The third-order valence-electron chi connectivity index (χ3n) is 5.20. The second kappa shape index (κ2) is 9.87. The lowest BCUT2D eigenvalue weighted by Crippen LogP contribution is -2.49. The van der Waals surface area contributed by atoms with E-state index in [1.165, 1.54) is 25.7 Å². The molecular formula is C18H35N5O. The van der Waals surface area contributed by atoms with Gasteiger partial charge in [0.1, 0.15) is 0 Å². The average molecular weight is 338 g/mol. The quantitative estimate of drug-likeness (QED) is 0.586. The Morgan fingerprint density at radius 3 is 2.38 bits per heavy atom. The van der Waals surface area contributed by atoms with E-state index in [1.54, 1.807) is 6.92 Å². The number of carbonyl (C=O) groups excluding carboxylic acids is 1. The molecule has 2 rings (SSSR count). The number of amides is 1. The molecule has 6 nitrogen and oxygen atoms in total. The molecule has 2 fully saturated rings. The summed E-state index contributed by atoms with van der Waals surface area (Å²) in [7, 11) is 0. The fraction of sp³-hybridized carbons (Fsp3) is 0.889. The van der Waals surface area contributed by atoms with Crippen LogP contribution in [-0.2, 0) is 4.79 Å². The lowest BCUT2D eigenvalue weighted by atomic mass is 9.87. The zero-order chi connectivity index (χ0) is 17.4. The van der Waals surface area contributed by atoms with E-state index in [1.807, 2.05) is 4.90 Å². The molecule has 0 atom stereocenters.